The van der Waals surface area contributed by atoms with Crippen LogP contribution in [0.1, 0.15) is 32.4 Å². The first kappa shape index (κ1) is 15.9. The van der Waals surface area contributed by atoms with Gasteiger partial charge in [0.15, 0.2) is 0 Å². The molecule has 0 radical (unpaired) electrons. The Kier molecular flexibility index (Phi) is 5.31. The van der Waals surface area contributed by atoms with Crippen LogP contribution in [-0.4, -0.2) is 23.4 Å². The molecule has 1 rings (SSSR count). The van der Waals surface area contributed by atoms with Gasteiger partial charge in [0, 0.05) is 4.47 Å². The van der Waals surface area contributed by atoms with Crippen molar-refractivity contribution in [3.8, 4) is 0 Å². The summed E-state index contributed by atoms with van der Waals surface area (Å²) < 4.78 is 18.6. The minimum atomic E-state index is -0.662. The first-order chi connectivity index (χ1) is 8.73. The molecule has 0 aliphatic carbocycles. The van der Waals surface area contributed by atoms with Gasteiger partial charge in [0.25, 0.3) is 0 Å². The molecule has 106 valence electrons. The molecular formula is C13H17BrFNO3. The summed E-state index contributed by atoms with van der Waals surface area (Å²) in [5.74, 6) is -0.399. The predicted molar refractivity (Wildman–Crippen MR) is 73.3 cm³/mol. The van der Waals surface area contributed by atoms with Crippen LogP contribution in [0.2, 0.25) is 0 Å². The van der Waals surface area contributed by atoms with Crippen molar-refractivity contribution in [1.29, 1.82) is 0 Å². The number of carbonyl (C=O) groups is 1. The summed E-state index contributed by atoms with van der Waals surface area (Å²) in [6, 6.07) is 3.37. The molecule has 6 heteroatoms. The van der Waals surface area contributed by atoms with E-state index in [0.717, 1.165) is 0 Å². The summed E-state index contributed by atoms with van der Waals surface area (Å²) in [7, 11) is 0. The molecule has 4 nitrogen and oxygen atoms in total. The molecule has 0 aromatic heterocycles. The largest absolute Gasteiger partial charge is 0.444 e. The van der Waals surface area contributed by atoms with Crippen LogP contribution in [0, 0.1) is 5.82 Å². The van der Waals surface area contributed by atoms with Crippen molar-refractivity contribution in [2.45, 2.75) is 32.4 Å². The maximum Gasteiger partial charge on any atom is 0.408 e. The van der Waals surface area contributed by atoms with Crippen molar-refractivity contribution < 1.29 is 19.0 Å². The second kappa shape index (κ2) is 6.34. The Hall–Kier alpha value is -1.14. The Morgan fingerprint density at radius 1 is 1.53 bits per heavy atom. The number of aliphatic hydroxyl groups is 1. The molecule has 19 heavy (non-hydrogen) atoms. The fraction of sp³-hybridized carbons (Fsp3) is 0.462. The number of rotatable bonds is 3. The number of hydrogen-bond donors (Lipinski definition) is 2. The Morgan fingerprint density at radius 3 is 2.63 bits per heavy atom. The van der Waals surface area contributed by atoms with E-state index in [1.807, 2.05) is 0 Å². The van der Waals surface area contributed by atoms with Gasteiger partial charge >= 0.3 is 6.09 Å². The van der Waals surface area contributed by atoms with E-state index in [0.29, 0.717) is 10.0 Å². The van der Waals surface area contributed by atoms with Crippen molar-refractivity contribution in [3.05, 3.63) is 34.1 Å². The zero-order chi connectivity index (χ0) is 14.6. The highest BCUT2D eigenvalue weighted by molar-refractivity contribution is 9.10. The Balaban J connectivity index is 2.81. The lowest BCUT2D eigenvalue weighted by molar-refractivity contribution is 0.0481. The molecule has 0 aliphatic heterocycles. The minimum absolute atomic E-state index is 0.316. The monoisotopic (exact) mass is 333 g/mol. The normalized spacial score (nSPS) is 12.9. The number of alkyl carbamates (subject to hydrolysis) is 1. The van der Waals surface area contributed by atoms with E-state index in [-0.39, 0.29) is 6.61 Å². The van der Waals surface area contributed by atoms with Crippen LogP contribution in [-0.2, 0) is 4.74 Å². The Morgan fingerprint density at radius 2 is 2.16 bits per heavy atom. The van der Waals surface area contributed by atoms with Crippen molar-refractivity contribution in [3.63, 3.8) is 0 Å². The van der Waals surface area contributed by atoms with E-state index in [1.165, 1.54) is 18.2 Å². The topological polar surface area (TPSA) is 58.6 Å². The smallest absolute Gasteiger partial charge is 0.408 e. The number of carbonyl (C=O) groups excluding carboxylic acids is 1. The molecule has 1 aromatic carbocycles. The zero-order valence-electron chi connectivity index (χ0n) is 11.0. The molecule has 2 N–H and O–H groups in total. The molecule has 0 heterocycles. The number of halogens is 2. The number of hydrogen-bond acceptors (Lipinski definition) is 3. The Labute approximate surface area is 120 Å². The lowest BCUT2D eigenvalue weighted by Gasteiger charge is -2.23. The van der Waals surface area contributed by atoms with Crippen LogP contribution in [0.3, 0.4) is 0 Å². The van der Waals surface area contributed by atoms with Crippen LogP contribution < -0.4 is 5.32 Å². The standard InChI is InChI=1S/C13H17BrFNO3/c1-13(2,3)19-12(18)16-11(7-17)9-5-4-8(15)6-10(9)14/h4-6,11,17H,7H2,1-3H3,(H,16,18)/t11-/m1/s1. The number of aliphatic hydroxyl groups excluding tert-OH is 1. The quantitative estimate of drug-likeness (QED) is 0.893. The van der Waals surface area contributed by atoms with Crippen LogP contribution >= 0.6 is 15.9 Å². The third-order valence-corrected chi connectivity index (χ3v) is 2.90. The molecule has 0 unspecified atom stereocenters. The molecule has 0 spiro atoms. The summed E-state index contributed by atoms with van der Waals surface area (Å²) in [5, 5.41) is 11.9. The molecular weight excluding hydrogens is 317 g/mol. The molecule has 1 amide bonds. The molecule has 0 aliphatic rings. The van der Waals surface area contributed by atoms with Gasteiger partial charge in [-0.1, -0.05) is 22.0 Å². The number of nitrogens with one attached hydrogen (secondary N) is 1. The number of benzene rings is 1. The summed E-state index contributed by atoms with van der Waals surface area (Å²) >= 11 is 3.20. The van der Waals surface area contributed by atoms with Gasteiger partial charge in [-0.3, -0.25) is 0 Å². The van der Waals surface area contributed by atoms with E-state index < -0.39 is 23.6 Å². The SMILES string of the molecule is CC(C)(C)OC(=O)N[C@H](CO)c1ccc(F)cc1Br. The van der Waals surface area contributed by atoms with E-state index in [4.69, 9.17) is 4.74 Å². The maximum atomic E-state index is 13.0. The maximum absolute atomic E-state index is 13.0. The van der Waals surface area contributed by atoms with Gasteiger partial charge in [0.2, 0.25) is 0 Å². The average Bonchev–Trinajstić information content (AvgIpc) is 2.24. The Bertz CT molecular complexity index is 460. The summed E-state index contributed by atoms with van der Waals surface area (Å²) in [4.78, 5) is 11.6. The van der Waals surface area contributed by atoms with Crippen LogP contribution in [0.25, 0.3) is 0 Å². The zero-order valence-corrected chi connectivity index (χ0v) is 12.6. The molecule has 1 aromatic rings. The van der Waals surface area contributed by atoms with Crippen molar-refractivity contribution in [1.82, 2.24) is 5.32 Å². The van der Waals surface area contributed by atoms with Gasteiger partial charge < -0.3 is 15.2 Å². The fourth-order valence-electron chi connectivity index (χ4n) is 1.46. The van der Waals surface area contributed by atoms with E-state index >= 15 is 0 Å². The number of ether oxygens (including phenoxy) is 1. The predicted octanol–water partition coefficient (Wildman–Crippen LogP) is 3.15. The lowest BCUT2D eigenvalue weighted by Crippen LogP contribution is -2.36. The summed E-state index contributed by atoms with van der Waals surface area (Å²) in [6.07, 6.45) is -0.636. The molecule has 0 saturated heterocycles. The van der Waals surface area contributed by atoms with Crippen molar-refractivity contribution >= 4 is 22.0 Å². The van der Waals surface area contributed by atoms with Gasteiger partial charge in [-0.2, -0.15) is 0 Å². The highest BCUT2D eigenvalue weighted by Crippen LogP contribution is 2.24. The highest BCUT2D eigenvalue weighted by Gasteiger charge is 2.21. The molecule has 0 fully saturated rings. The lowest BCUT2D eigenvalue weighted by atomic mass is 10.1. The van der Waals surface area contributed by atoms with Crippen LogP contribution in [0.15, 0.2) is 22.7 Å². The third-order valence-electron chi connectivity index (χ3n) is 2.21. The van der Waals surface area contributed by atoms with Gasteiger partial charge in [-0.05, 0) is 38.5 Å². The van der Waals surface area contributed by atoms with Crippen LogP contribution in [0.4, 0.5) is 9.18 Å². The molecule has 1 atom stereocenters. The van der Waals surface area contributed by atoms with E-state index in [2.05, 4.69) is 21.2 Å². The summed E-state index contributed by atoms with van der Waals surface area (Å²) in [6.45, 7) is 4.92. The minimum Gasteiger partial charge on any atom is -0.444 e. The van der Waals surface area contributed by atoms with Gasteiger partial charge in [0.05, 0.1) is 12.6 Å². The fourth-order valence-corrected chi connectivity index (χ4v) is 2.08. The van der Waals surface area contributed by atoms with Gasteiger partial charge in [-0.15, -0.1) is 0 Å². The molecule has 0 bridgehead atoms. The van der Waals surface area contributed by atoms with Gasteiger partial charge in [-0.25, -0.2) is 9.18 Å². The van der Waals surface area contributed by atoms with Gasteiger partial charge in [0.1, 0.15) is 11.4 Å². The van der Waals surface area contributed by atoms with Crippen molar-refractivity contribution in [2.24, 2.45) is 0 Å². The van der Waals surface area contributed by atoms with Crippen LogP contribution in [0.5, 0.6) is 0 Å². The number of amides is 1. The van der Waals surface area contributed by atoms with E-state index in [9.17, 15) is 14.3 Å². The van der Waals surface area contributed by atoms with Crippen molar-refractivity contribution in [2.75, 3.05) is 6.61 Å². The average molecular weight is 334 g/mol. The third kappa shape index (κ3) is 5.16. The second-order valence-electron chi connectivity index (χ2n) is 5.05. The van der Waals surface area contributed by atoms with E-state index in [1.54, 1.807) is 20.8 Å². The first-order valence-electron chi connectivity index (χ1n) is 5.78. The summed E-state index contributed by atoms with van der Waals surface area (Å²) in [5.41, 5.74) is -0.0424. The first-order valence-corrected chi connectivity index (χ1v) is 6.57. The highest BCUT2D eigenvalue weighted by atomic mass is 79.9. The molecule has 0 saturated carbocycles. The second-order valence-corrected chi connectivity index (χ2v) is 5.90.